The second-order valence-corrected chi connectivity index (χ2v) is 6.88. The zero-order valence-electron chi connectivity index (χ0n) is 13.4. The lowest BCUT2D eigenvalue weighted by atomic mass is 9.83. The van der Waals surface area contributed by atoms with Crippen molar-refractivity contribution in [3.05, 3.63) is 17.8 Å². The molecule has 22 heavy (non-hydrogen) atoms. The Morgan fingerprint density at radius 1 is 1.32 bits per heavy atom. The van der Waals surface area contributed by atoms with Crippen molar-refractivity contribution >= 4 is 18.6 Å². The summed E-state index contributed by atoms with van der Waals surface area (Å²) in [6.45, 7) is 7.91. The number of nitrogens with zero attached hydrogens (tertiary/aromatic N) is 1. The lowest BCUT2D eigenvalue weighted by molar-refractivity contribution is 0.00578. The number of pyridine rings is 1. The Bertz CT molecular complexity index is 598. The maximum Gasteiger partial charge on any atom is 0.518 e. The average Bonchev–Trinajstić information content (AvgIpc) is 3.17. The zero-order chi connectivity index (χ0) is 16.1. The second kappa shape index (κ2) is 4.96. The van der Waals surface area contributed by atoms with Crippen LogP contribution in [0.3, 0.4) is 0 Å². The highest BCUT2D eigenvalue weighted by atomic mass is 16.7. The van der Waals surface area contributed by atoms with Crippen LogP contribution < -0.4 is 16.1 Å². The van der Waals surface area contributed by atoms with Crippen molar-refractivity contribution in [1.29, 1.82) is 0 Å². The largest absolute Gasteiger partial charge is 0.518 e. The van der Waals surface area contributed by atoms with Gasteiger partial charge in [0.15, 0.2) is 0 Å². The molecule has 0 unspecified atom stereocenters. The first-order valence-electron chi connectivity index (χ1n) is 7.52. The summed E-state index contributed by atoms with van der Waals surface area (Å²) in [4.78, 5) is 15.7. The number of carbonyl (C=O) groups is 1. The van der Waals surface area contributed by atoms with Gasteiger partial charge in [-0.1, -0.05) is 0 Å². The Morgan fingerprint density at radius 2 is 1.91 bits per heavy atom. The van der Waals surface area contributed by atoms with Crippen LogP contribution in [0.1, 0.15) is 50.9 Å². The fourth-order valence-corrected chi connectivity index (χ4v) is 2.18. The van der Waals surface area contributed by atoms with Crippen LogP contribution in [0.5, 0.6) is 5.75 Å². The minimum absolute atomic E-state index is 0.172. The van der Waals surface area contributed by atoms with Crippen LogP contribution in [0, 0.1) is 0 Å². The van der Waals surface area contributed by atoms with Gasteiger partial charge in [0, 0.05) is 6.20 Å². The molecule has 0 aromatic carbocycles. The third-order valence-electron chi connectivity index (χ3n) is 4.46. The van der Waals surface area contributed by atoms with Crippen LogP contribution in [0.4, 0.5) is 0 Å². The predicted molar refractivity (Wildman–Crippen MR) is 82.1 cm³/mol. The van der Waals surface area contributed by atoms with Gasteiger partial charge in [-0.25, -0.2) is 0 Å². The molecule has 2 N–H and O–H groups in total. The number of ether oxygens (including phenoxy) is 1. The molecule has 0 radical (unpaired) electrons. The minimum atomic E-state index is -0.624. The molecule has 1 aliphatic heterocycles. The van der Waals surface area contributed by atoms with Gasteiger partial charge in [-0.2, -0.15) is 0 Å². The van der Waals surface area contributed by atoms with Crippen molar-refractivity contribution in [3.8, 4) is 5.75 Å². The molecule has 1 saturated heterocycles. The molecular formula is C15H21BN2O4. The molecule has 1 aromatic rings. The SMILES string of the molecule is CC1(C)OB(c2ncc(C(N)=O)cc2OC2CC2)OC1(C)C. The van der Waals surface area contributed by atoms with Gasteiger partial charge >= 0.3 is 7.12 Å². The van der Waals surface area contributed by atoms with E-state index in [4.69, 9.17) is 19.8 Å². The van der Waals surface area contributed by atoms with Crippen LogP contribution in [-0.2, 0) is 9.31 Å². The predicted octanol–water partition coefficient (Wildman–Crippen LogP) is 1.02. The van der Waals surface area contributed by atoms with Crippen molar-refractivity contribution in [1.82, 2.24) is 4.98 Å². The van der Waals surface area contributed by atoms with Crippen molar-refractivity contribution in [3.63, 3.8) is 0 Å². The van der Waals surface area contributed by atoms with E-state index in [1.54, 1.807) is 6.07 Å². The first-order valence-corrected chi connectivity index (χ1v) is 7.52. The molecule has 1 saturated carbocycles. The summed E-state index contributed by atoms with van der Waals surface area (Å²) < 4.78 is 17.9. The molecule has 2 aliphatic rings. The number of carbonyl (C=O) groups excluding carboxylic acids is 1. The number of aromatic nitrogens is 1. The summed E-state index contributed by atoms with van der Waals surface area (Å²) >= 11 is 0. The lowest BCUT2D eigenvalue weighted by Crippen LogP contribution is -2.41. The fourth-order valence-electron chi connectivity index (χ4n) is 2.18. The summed E-state index contributed by atoms with van der Waals surface area (Å²) in [6.07, 6.45) is 3.61. The number of rotatable bonds is 4. The van der Waals surface area contributed by atoms with Crippen LogP contribution in [0.25, 0.3) is 0 Å². The standard InChI is InChI=1S/C15H21BN2O4/c1-14(2)15(3,4)22-16(21-14)12-11(20-10-5-6-10)7-9(8-18-12)13(17)19/h7-8,10H,5-6H2,1-4H3,(H2,17,19). The van der Waals surface area contributed by atoms with Gasteiger partial charge in [0.05, 0.1) is 22.9 Å². The zero-order valence-corrected chi connectivity index (χ0v) is 13.4. The molecule has 2 fully saturated rings. The molecular weight excluding hydrogens is 283 g/mol. The van der Waals surface area contributed by atoms with E-state index in [0.717, 1.165) is 12.8 Å². The maximum absolute atomic E-state index is 11.4. The fraction of sp³-hybridized carbons (Fsp3) is 0.600. The quantitative estimate of drug-likeness (QED) is 0.840. The summed E-state index contributed by atoms with van der Waals surface area (Å²) in [7, 11) is -0.624. The normalized spacial score (nSPS) is 22.6. The summed E-state index contributed by atoms with van der Waals surface area (Å²) in [5, 5.41) is 0. The number of hydrogen-bond acceptors (Lipinski definition) is 5. The Morgan fingerprint density at radius 3 is 2.41 bits per heavy atom. The third kappa shape index (κ3) is 2.70. The highest BCUT2D eigenvalue weighted by Gasteiger charge is 2.53. The molecule has 1 aliphatic carbocycles. The van der Waals surface area contributed by atoms with Gasteiger partial charge in [0.25, 0.3) is 0 Å². The van der Waals surface area contributed by atoms with E-state index in [1.165, 1.54) is 6.20 Å². The second-order valence-electron chi connectivity index (χ2n) is 6.88. The highest BCUT2D eigenvalue weighted by molar-refractivity contribution is 6.62. The molecule has 1 amide bonds. The third-order valence-corrected chi connectivity index (χ3v) is 4.46. The number of hydrogen-bond donors (Lipinski definition) is 1. The van der Waals surface area contributed by atoms with Gasteiger partial charge < -0.3 is 19.8 Å². The summed E-state index contributed by atoms with van der Waals surface area (Å²) in [6, 6.07) is 1.62. The molecule has 2 heterocycles. The molecule has 1 aromatic heterocycles. The van der Waals surface area contributed by atoms with Gasteiger partial charge in [-0.15, -0.1) is 0 Å². The van der Waals surface area contributed by atoms with E-state index in [9.17, 15) is 4.79 Å². The van der Waals surface area contributed by atoms with Gasteiger partial charge in [0.1, 0.15) is 11.3 Å². The molecule has 0 atom stereocenters. The van der Waals surface area contributed by atoms with Crippen LogP contribution >= 0.6 is 0 Å². The first kappa shape index (κ1) is 15.3. The topological polar surface area (TPSA) is 83.7 Å². The van der Waals surface area contributed by atoms with Crippen LogP contribution in [0.2, 0.25) is 0 Å². The molecule has 0 bridgehead atoms. The van der Waals surface area contributed by atoms with E-state index < -0.39 is 24.2 Å². The molecule has 7 heteroatoms. The first-order chi connectivity index (χ1) is 10.2. The van der Waals surface area contributed by atoms with Crippen molar-refractivity contribution in [2.45, 2.75) is 57.8 Å². The van der Waals surface area contributed by atoms with Gasteiger partial charge in [-0.3, -0.25) is 9.78 Å². The van der Waals surface area contributed by atoms with Gasteiger partial charge in [-0.05, 0) is 46.6 Å². The minimum Gasteiger partial charge on any atom is -0.489 e. The number of primary amides is 1. The summed E-state index contributed by atoms with van der Waals surface area (Å²) in [5.74, 6) is -0.0223. The van der Waals surface area contributed by atoms with Crippen molar-refractivity contribution in [2.24, 2.45) is 5.73 Å². The lowest BCUT2D eigenvalue weighted by Gasteiger charge is -2.32. The van der Waals surface area contributed by atoms with E-state index in [2.05, 4.69) is 4.98 Å². The Hall–Kier alpha value is -1.60. The Balaban J connectivity index is 1.94. The molecule has 3 rings (SSSR count). The van der Waals surface area contributed by atoms with Crippen molar-refractivity contribution < 1.29 is 18.8 Å². The van der Waals surface area contributed by atoms with E-state index >= 15 is 0 Å². The average molecular weight is 304 g/mol. The molecule has 118 valence electrons. The van der Waals surface area contributed by atoms with E-state index in [1.807, 2.05) is 27.7 Å². The molecule has 6 nitrogen and oxygen atoms in total. The molecule has 0 spiro atoms. The van der Waals surface area contributed by atoms with Gasteiger partial charge in [0.2, 0.25) is 5.91 Å². The number of amides is 1. The van der Waals surface area contributed by atoms with Crippen LogP contribution in [-0.4, -0.2) is 35.3 Å². The smallest absolute Gasteiger partial charge is 0.489 e. The van der Waals surface area contributed by atoms with Crippen LogP contribution in [0.15, 0.2) is 12.3 Å². The van der Waals surface area contributed by atoms with E-state index in [-0.39, 0.29) is 6.10 Å². The monoisotopic (exact) mass is 304 g/mol. The Kier molecular flexibility index (Phi) is 3.45. The number of nitrogens with two attached hydrogens (primary N) is 1. The Labute approximate surface area is 130 Å². The summed E-state index contributed by atoms with van der Waals surface area (Å²) in [5.41, 5.74) is 5.27. The van der Waals surface area contributed by atoms with Crippen molar-refractivity contribution in [2.75, 3.05) is 0 Å². The highest BCUT2D eigenvalue weighted by Crippen LogP contribution is 2.37. The maximum atomic E-state index is 11.4. The van der Waals surface area contributed by atoms with E-state index in [0.29, 0.717) is 16.9 Å².